The van der Waals surface area contributed by atoms with Gasteiger partial charge >= 0.3 is 6.03 Å². The van der Waals surface area contributed by atoms with Gasteiger partial charge in [0.2, 0.25) is 0 Å². The first-order valence-electron chi connectivity index (χ1n) is 6.22. The van der Waals surface area contributed by atoms with Crippen molar-refractivity contribution in [3.05, 3.63) is 40.8 Å². The number of benzene rings is 1. The molecule has 0 spiro atoms. The van der Waals surface area contributed by atoms with Crippen molar-refractivity contribution >= 4 is 6.03 Å². The lowest BCUT2D eigenvalue weighted by Gasteiger charge is -2.24. The highest BCUT2D eigenvalue weighted by atomic mass is 19.2. The SMILES string of the molecule is NC(=O)N1CCc2c(-c3cc(F)c(F)cc3F)n[nH]c2C1. The molecule has 0 radical (unpaired) electrons. The number of H-pyrrole nitrogens is 1. The molecule has 0 saturated carbocycles. The van der Waals surface area contributed by atoms with Crippen LogP contribution in [0.4, 0.5) is 18.0 Å². The van der Waals surface area contributed by atoms with Crippen LogP contribution >= 0.6 is 0 Å². The zero-order valence-corrected chi connectivity index (χ0v) is 10.8. The number of fused-ring (bicyclic) bond motifs is 1. The van der Waals surface area contributed by atoms with Crippen LogP contribution in [0.5, 0.6) is 0 Å². The minimum atomic E-state index is -1.25. The summed E-state index contributed by atoms with van der Waals surface area (Å²) >= 11 is 0. The molecule has 0 bridgehead atoms. The number of aromatic amines is 1. The van der Waals surface area contributed by atoms with Crippen LogP contribution in [0.2, 0.25) is 0 Å². The third-order valence-corrected chi connectivity index (χ3v) is 3.51. The van der Waals surface area contributed by atoms with Crippen LogP contribution in [-0.4, -0.2) is 27.7 Å². The Morgan fingerprint density at radius 3 is 2.67 bits per heavy atom. The molecule has 2 heterocycles. The van der Waals surface area contributed by atoms with Gasteiger partial charge in [-0.05, 0) is 12.5 Å². The number of hydrogen-bond donors (Lipinski definition) is 2. The minimum absolute atomic E-state index is 0.112. The van der Waals surface area contributed by atoms with Gasteiger partial charge in [0.15, 0.2) is 11.6 Å². The van der Waals surface area contributed by atoms with E-state index in [9.17, 15) is 18.0 Å². The number of hydrogen-bond acceptors (Lipinski definition) is 2. The predicted molar refractivity (Wildman–Crippen MR) is 67.6 cm³/mol. The van der Waals surface area contributed by atoms with E-state index in [-0.39, 0.29) is 17.8 Å². The molecule has 2 aromatic rings. The van der Waals surface area contributed by atoms with Crippen molar-refractivity contribution in [3.63, 3.8) is 0 Å². The molecule has 1 aliphatic heterocycles. The lowest BCUT2D eigenvalue weighted by atomic mass is 9.99. The summed E-state index contributed by atoms with van der Waals surface area (Å²) < 4.78 is 40.1. The fourth-order valence-electron chi connectivity index (χ4n) is 2.43. The number of rotatable bonds is 1. The van der Waals surface area contributed by atoms with E-state index in [1.54, 1.807) is 0 Å². The van der Waals surface area contributed by atoms with E-state index in [2.05, 4.69) is 10.2 Å². The number of primary amides is 1. The molecule has 0 atom stereocenters. The zero-order valence-electron chi connectivity index (χ0n) is 10.8. The van der Waals surface area contributed by atoms with Crippen LogP contribution in [0, 0.1) is 17.5 Å². The fraction of sp³-hybridized carbons (Fsp3) is 0.231. The number of nitrogens with one attached hydrogen (secondary N) is 1. The smallest absolute Gasteiger partial charge is 0.315 e. The second-order valence-electron chi connectivity index (χ2n) is 4.79. The summed E-state index contributed by atoms with van der Waals surface area (Å²) in [6.45, 7) is 0.586. The van der Waals surface area contributed by atoms with Crippen LogP contribution in [0.1, 0.15) is 11.3 Å². The highest BCUT2D eigenvalue weighted by Crippen LogP contribution is 2.30. The summed E-state index contributed by atoms with van der Waals surface area (Å²) in [6.07, 6.45) is 0.405. The second kappa shape index (κ2) is 4.80. The van der Waals surface area contributed by atoms with Gasteiger partial charge in [0.25, 0.3) is 0 Å². The highest BCUT2D eigenvalue weighted by Gasteiger charge is 2.26. The molecule has 0 fully saturated rings. The number of halogens is 3. The average Bonchev–Trinajstić information content (AvgIpc) is 2.85. The standard InChI is InChI=1S/C13H11F3N4O/c14-8-4-10(16)9(15)3-7(8)12-6-1-2-20(13(17)21)5-11(6)18-19-12/h3-4H,1-2,5H2,(H2,17,21)(H,18,19). The Labute approximate surface area is 117 Å². The van der Waals surface area contributed by atoms with Crippen molar-refractivity contribution < 1.29 is 18.0 Å². The van der Waals surface area contributed by atoms with Gasteiger partial charge in [-0.25, -0.2) is 18.0 Å². The largest absolute Gasteiger partial charge is 0.351 e. The molecule has 2 amide bonds. The van der Waals surface area contributed by atoms with Gasteiger partial charge in [-0.15, -0.1) is 0 Å². The second-order valence-corrected chi connectivity index (χ2v) is 4.79. The van der Waals surface area contributed by atoms with E-state index in [1.165, 1.54) is 4.90 Å². The quantitative estimate of drug-likeness (QED) is 0.789. The van der Waals surface area contributed by atoms with Crippen LogP contribution in [0.15, 0.2) is 12.1 Å². The molecule has 0 unspecified atom stereocenters. The molecule has 5 nitrogen and oxygen atoms in total. The number of amides is 2. The number of nitrogens with two attached hydrogens (primary N) is 1. The van der Waals surface area contributed by atoms with Crippen LogP contribution in [0.25, 0.3) is 11.3 Å². The molecule has 3 rings (SSSR count). The molecular weight excluding hydrogens is 285 g/mol. The number of aromatic nitrogens is 2. The van der Waals surface area contributed by atoms with Gasteiger partial charge in [0.1, 0.15) is 5.82 Å². The number of nitrogens with zero attached hydrogens (tertiary/aromatic N) is 2. The van der Waals surface area contributed by atoms with Crippen LogP contribution < -0.4 is 5.73 Å². The Morgan fingerprint density at radius 1 is 1.24 bits per heavy atom. The fourth-order valence-corrected chi connectivity index (χ4v) is 2.43. The molecule has 8 heteroatoms. The van der Waals surface area contributed by atoms with Crippen molar-refractivity contribution in [2.75, 3.05) is 6.54 Å². The van der Waals surface area contributed by atoms with E-state index in [4.69, 9.17) is 5.73 Å². The molecule has 1 aliphatic rings. The van der Waals surface area contributed by atoms with Gasteiger partial charge in [0.05, 0.1) is 17.9 Å². The summed E-state index contributed by atoms with van der Waals surface area (Å²) in [5.41, 5.74) is 6.61. The third kappa shape index (κ3) is 2.22. The Morgan fingerprint density at radius 2 is 1.95 bits per heavy atom. The molecule has 21 heavy (non-hydrogen) atoms. The van der Waals surface area contributed by atoms with Crippen molar-refractivity contribution in [1.29, 1.82) is 0 Å². The normalized spacial score (nSPS) is 14.1. The first kappa shape index (κ1) is 13.5. The van der Waals surface area contributed by atoms with Crippen molar-refractivity contribution in [2.24, 2.45) is 5.73 Å². The first-order valence-corrected chi connectivity index (χ1v) is 6.22. The summed E-state index contributed by atoms with van der Waals surface area (Å²) in [4.78, 5) is 12.5. The summed E-state index contributed by atoms with van der Waals surface area (Å²) in [5, 5.41) is 6.65. The topological polar surface area (TPSA) is 75.0 Å². The lowest BCUT2D eigenvalue weighted by Crippen LogP contribution is -2.39. The van der Waals surface area contributed by atoms with Gasteiger partial charge in [-0.1, -0.05) is 0 Å². The molecule has 1 aromatic carbocycles. The van der Waals surface area contributed by atoms with Crippen molar-refractivity contribution in [3.8, 4) is 11.3 Å². The maximum atomic E-state index is 13.8. The Bertz CT molecular complexity index is 728. The molecule has 110 valence electrons. The Balaban J connectivity index is 2.03. The monoisotopic (exact) mass is 296 g/mol. The number of carbonyl (C=O) groups excluding carboxylic acids is 1. The van der Waals surface area contributed by atoms with E-state index in [1.807, 2.05) is 0 Å². The average molecular weight is 296 g/mol. The van der Waals surface area contributed by atoms with E-state index in [0.717, 1.165) is 6.07 Å². The number of carbonyl (C=O) groups is 1. The molecule has 0 saturated heterocycles. The Hall–Kier alpha value is -2.51. The zero-order chi connectivity index (χ0) is 15.1. The number of urea groups is 1. The van der Waals surface area contributed by atoms with Crippen molar-refractivity contribution in [2.45, 2.75) is 13.0 Å². The van der Waals surface area contributed by atoms with E-state index < -0.39 is 23.5 Å². The molecular formula is C13H11F3N4O. The van der Waals surface area contributed by atoms with Gasteiger partial charge in [-0.3, -0.25) is 5.10 Å². The maximum Gasteiger partial charge on any atom is 0.315 e. The van der Waals surface area contributed by atoms with Crippen molar-refractivity contribution in [1.82, 2.24) is 15.1 Å². The van der Waals surface area contributed by atoms with E-state index >= 15 is 0 Å². The molecule has 0 aliphatic carbocycles. The van der Waals surface area contributed by atoms with E-state index in [0.29, 0.717) is 30.3 Å². The van der Waals surface area contributed by atoms with Gasteiger partial charge in [-0.2, -0.15) is 5.10 Å². The Kier molecular flexibility index (Phi) is 3.08. The molecule has 1 aromatic heterocycles. The molecule has 3 N–H and O–H groups in total. The van der Waals surface area contributed by atoms with Gasteiger partial charge < -0.3 is 10.6 Å². The van der Waals surface area contributed by atoms with Crippen LogP contribution in [0.3, 0.4) is 0 Å². The minimum Gasteiger partial charge on any atom is -0.351 e. The lowest BCUT2D eigenvalue weighted by molar-refractivity contribution is 0.201. The first-order chi connectivity index (χ1) is 9.97. The third-order valence-electron chi connectivity index (χ3n) is 3.51. The summed E-state index contributed by atoms with van der Waals surface area (Å²) in [5.74, 6) is -3.28. The summed E-state index contributed by atoms with van der Waals surface area (Å²) in [7, 11) is 0. The summed E-state index contributed by atoms with van der Waals surface area (Å²) in [6, 6.07) is 0.710. The van der Waals surface area contributed by atoms with Crippen LogP contribution in [-0.2, 0) is 13.0 Å². The highest BCUT2D eigenvalue weighted by molar-refractivity contribution is 5.73. The maximum absolute atomic E-state index is 13.8. The predicted octanol–water partition coefficient (Wildman–Crippen LogP) is 1.93. The van der Waals surface area contributed by atoms with Gasteiger partial charge in [0, 0.05) is 23.7 Å².